The van der Waals surface area contributed by atoms with E-state index in [4.69, 9.17) is 28.8 Å². The summed E-state index contributed by atoms with van der Waals surface area (Å²) in [6.07, 6.45) is 0. The molecule has 7 heteroatoms. The maximum atomic E-state index is 6.48. The molecule has 0 fully saturated rings. The average Bonchev–Trinajstić information content (AvgIpc) is 3.83. The summed E-state index contributed by atoms with van der Waals surface area (Å²) in [7, 11) is 0. The number of para-hydroxylation sites is 1. The summed E-state index contributed by atoms with van der Waals surface area (Å²) < 4.78 is 13.7. The zero-order valence-electron chi connectivity index (χ0n) is 24.7. The molecule has 0 radical (unpaired) electrons. The van der Waals surface area contributed by atoms with E-state index in [1.54, 1.807) is 11.3 Å². The van der Waals surface area contributed by atoms with Crippen LogP contribution >= 0.6 is 11.3 Å². The van der Waals surface area contributed by atoms with Crippen LogP contribution in [0.5, 0.6) is 0 Å². The zero-order chi connectivity index (χ0) is 30.9. The van der Waals surface area contributed by atoms with Crippen LogP contribution in [-0.4, -0.2) is 19.9 Å². The molecule has 4 heterocycles. The summed E-state index contributed by atoms with van der Waals surface area (Å²) in [5.41, 5.74) is 8.06. The van der Waals surface area contributed by atoms with E-state index in [-0.39, 0.29) is 0 Å². The number of thiazole rings is 1. The van der Waals surface area contributed by atoms with Crippen molar-refractivity contribution in [3.05, 3.63) is 133 Å². The third kappa shape index (κ3) is 4.25. The highest BCUT2D eigenvalue weighted by Gasteiger charge is 2.18. The van der Waals surface area contributed by atoms with Crippen molar-refractivity contribution < 1.29 is 8.83 Å². The summed E-state index contributed by atoms with van der Waals surface area (Å²) in [5, 5.41) is 5.18. The Hall–Kier alpha value is -6.18. The number of aromatic nitrogens is 4. The van der Waals surface area contributed by atoms with Crippen molar-refractivity contribution in [3.63, 3.8) is 0 Å². The molecule has 0 spiro atoms. The molecule has 0 bridgehead atoms. The molecule has 6 nitrogen and oxygen atoms in total. The van der Waals surface area contributed by atoms with Crippen LogP contribution in [0.2, 0.25) is 0 Å². The number of hydrogen-bond acceptors (Lipinski definition) is 7. The molecular weight excluding hydrogens is 601 g/mol. The van der Waals surface area contributed by atoms with E-state index in [0.29, 0.717) is 17.5 Å². The lowest BCUT2D eigenvalue weighted by Gasteiger charge is -2.08. The van der Waals surface area contributed by atoms with Crippen LogP contribution in [0.25, 0.3) is 98.8 Å². The van der Waals surface area contributed by atoms with Crippen LogP contribution in [0.15, 0.2) is 142 Å². The molecule has 0 atom stereocenters. The van der Waals surface area contributed by atoms with Crippen molar-refractivity contribution in [1.82, 2.24) is 19.9 Å². The van der Waals surface area contributed by atoms with Gasteiger partial charge in [-0.05, 0) is 30.3 Å². The van der Waals surface area contributed by atoms with Crippen molar-refractivity contribution in [3.8, 4) is 44.7 Å². The number of hydrogen-bond donors (Lipinski definition) is 0. The van der Waals surface area contributed by atoms with Crippen molar-refractivity contribution in [2.45, 2.75) is 0 Å². The van der Waals surface area contributed by atoms with Gasteiger partial charge in [-0.25, -0.2) is 19.9 Å². The molecule has 10 rings (SSSR count). The van der Waals surface area contributed by atoms with E-state index in [1.807, 2.05) is 97.1 Å². The van der Waals surface area contributed by atoms with Gasteiger partial charge in [0.25, 0.3) is 0 Å². The summed E-state index contributed by atoms with van der Waals surface area (Å²) in [4.78, 5) is 19.7. The first kappa shape index (κ1) is 26.1. The minimum Gasteiger partial charge on any atom is -0.456 e. The van der Waals surface area contributed by atoms with E-state index in [0.717, 1.165) is 81.4 Å². The number of benzene rings is 6. The van der Waals surface area contributed by atoms with Gasteiger partial charge in [0.15, 0.2) is 17.5 Å². The first-order valence-corrected chi connectivity index (χ1v) is 16.1. The van der Waals surface area contributed by atoms with Crippen molar-refractivity contribution >= 4 is 65.4 Å². The maximum absolute atomic E-state index is 6.48. The van der Waals surface area contributed by atoms with Crippen molar-refractivity contribution in [1.29, 1.82) is 0 Å². The fraction of sp³-hybridized carbons (Fsp3) is 0. The second-order valence-corrected chi connectivity index (χ2v) is 12.5. The van der Waals surface area contributed by atoms with Crippen LogP contribution in [0, 0.1) is 0 Å². The molecule has 47 heavy (non-hydrogen) atoms. The number of fused-ring (bicyclic) bond motifs is 7. The molecule has 220 valence electrons. The van der Waals surface area contributed by atoms with Gasteiger partial charge in [-0.3, -0.25) is 0 Å². The number of rotatable bonds is 4. The first-order chi connectivity index (χ1) is 23.2. The average molecular weight is 623 g/mol. The SMILES string of the molecule is c1ccc(-c2nc(-c3ccccc3)nc(-c3ccc4c(c3)oc3cc5sc(-c6cccc7oc8ccccc8c67)nc5cc34)n2)cc1. The molecule has 10 aromatic rings. The van der Waals surface area contributed by atoms with Crippen LogP contribution in [0.4, 0.5) is 0 Å². The highest BCUT2D eigenvalue weighted by molar-refractivity contribution is 7.21. The summed E-state index contributed by atoms with van der Waals surface area (Å²) >= 11 is 1.66. The monoisotopic (exact) mass is 622 g/mol. The molecule has 0 aliphatic heterocycles. The molecule has 4 aromatic heterocycles. The largest absolute Gasteiger partial charge is 0.456 e. The lowest BCUT2D eigenvalue weighted by atomic mass is 10.1. The smallest absolute Gasteiger partial charge is 0.164 e. The minimum absolute atomic E-state index is 0.591. The Morgan fingerprint density at radius 3 is 1.83 bits per heavy atom. The first-order valence-electron chi connectivity index (χ1n) is 15.3. The fourth-order valence-electron chi connectivity index (χ4n) is 6.34. The second kappa shape index (κ2) is 10.2. The highest BCUT2D eigenvalue weighted by Crippen LogP contribution is 2.41. The minimum atomic E-state index is 0.591. The van der Waals surface area contributed by atoms with Crippen LogP contribution in [0.1, 0.15) is 0 Å². The zero-order valence-corrected chi connectivity index (χ0v) is 25.5. The van der Waals surface area contributed by atoms with Crippen molar-refractivity contribution in [2.75, 3.05) is 0 Å². The molecule has 0 saturated carbocycles. The summed E-state index contributed by atoms with van der Waals surface area (Å²) in [5.74, 6) is 1.84. The molecule has 0 saturated heterocycles. The lowest BCUT2D eigenvalue weighted by molar-refractivity contribution is 0.669. The van der Waals surface area contributed by atoms with Gasteiger partial charge in [0.2, 0.25) is 0 Å². The van der Waals surface area contributed by atoms with Gasteiger partial charge in [-0.2, -0.15) is 0 Å². The molecule has 0 aliphatic rings. The second-order valence-electron chi connectivity index (χ2n) is 11.5. The van der Waals surface area contributed by atoms with E-state index in [1.165, 1.54) is 0 Å². The third-order valence-electron chi connectivity index (χ3n) is 8.57. The Balaban J connectivity index is 1.09. The van der Waals surface area contributed by atoms with Gasteiger partial charge < -0.3 is 8.83 Å². The summed E-state index contributed by atoms with van der Waals surface area (Å²) in [6, 6.07) is 44.7. The maximum Gasteiger partial charge on any atom is 0.164 e. The van der Waals surface area contributed by atoms with E-state index in [2.05, 4.69) is 36.4 Å². The Bertz CT molecular complexity index is 2740. The van der Waals surface area contributed by atoms with Gasteiger partial charge in [0, 0.05) is 49.9 Å². The fourth-order valence-corrected chi connectivity index (χ4v) is 7.35. The molecule has 0 aliphatic carbocycles. The standard InChI is InChI=1S/C40H22N4O2S/c1-3-10-23(11-4-1)37-42-38(24-12-5-2-6-13-24)44-39(43-37)25-18-19-26-29-21-30-35(22-34(29)46-33(26)20-25)47-40(41-30)28-15-9-17-32-36(28)27-14-7-8-16-31(27)45-32/h1-22H. The van der Waals surface area contributed by atoms with E-state index >= 15 is 0 Å². The number of nitrogens with zero attached hydrogens (tertiary/aromatic N) is 4. The predicted octanol–water partition coefficient (Wildman–Crippen LogP) is 10.9. The third-order valence-corrected chi connectivity index (χ3v) is 9.62. The molecule has 0 amide bonds. The van der Waals surface area contributed by atoms with Gasteiger partial charge in [-0.15, -0.1) is 11.3 Å². The molecule has 6 aromatic carbocycles. The molecule has 0 unspecified atom stereocenters. The summed E-state index contributed by atoms with van der Waals surface area (Å²) in [6.45, 7) is 0. The van der Waals surface area contributed by atoms with Crippen LogP contribution in [0.3, 0.4) is 0 Å². The quantitative estimate of drug-likeness (QED) is 0.194. The molecule has 0 N–H and O–H groups in total. The van der Waals surface area contributed by atoms with E-state index < -0.39 is 0 Å². The predicted molar refractivity (Wildman–Crippen MR) is 189 cm³/mol. The highest BCUT2D eigenvalue weighted by atomic mass is 32.1. The van der Waals surface area contributed by atoms with Gasteiger partial charge in [0.1, 0.15) is 27.3 Å². The van der Waals surface area contributed by atoms with Gasteiger partial charge in [0.05, 0.1) is 10.2 Å². The van der Waals surface area contributed by atoms with Crippen LogP contribution < -0.4 is 0 Å². The van der Waals surface area contributed by atoms with E-state index in [9.17, 15) is 0 Å². The van der Waals surface area contributed by atoms with Crippen LogP contribution in [-0.2, 0) is 0 Å². The Labute approximate surface area is 271 Å². The van der Waals surface area contributed by atoms with Gasteiger partial charge in [-0.1, -0.05) is 97.1 Å². The number of furan rings is 2. The Morgan fingerprint density at radius 1 is 0.426 bits per heavy atom. The Morgan fingerprint density at radius 2 is 1.06 bits per heavy atom. The lowest BCUT2D eigenvalue weighted by Crippen LogP contribution is -2.00. The normalized spacial score (nSPS) is 11.8. The Kier molecular flexibility index (Phi) is 5.64. The topological polar surface area (TPSA) is 77.8 Å². The molecular formula is C40H22N4O2S. The van der Waals surface area contributed by atoms with Gasteiger partial charge >= 0.3 is 0 Å². The van der Waals surface area contributed by atoms with Crippen molar-refractivity contribution in [2.24, 2.45) is 0 Å².